The summed E-state index contributed by atoms with van der Waals surface area (Å²) >= 11 is 1.51. The monoisotopic (exact) mass is 272 g/mol. The summed E-state index contributed by atoms with van der Waals surface area (Å²) in [4.78, 5) is 13.8. The second kappa shape index (κ2) is 4.90. The van der Waals surface area contributed by atoms with Crippen molar-refractivity contribution >= 4 is 23.2 Å². The number of allylic oxidation sites excluding steroid dienone is 1. The average Bonchev–Trinajstić information content (AvgIpc) is 3.03. The molecule has 0 fully saturated rings. The number of hydrogen-bond donors (Lipinski definition) is 0. The van der Waals surface area contributed by atoms with E-state index >= 15 is 0 Å². The zero-order chi connectivity index (χ0) is 13.2. The maximum Gasteiger partial charge on any atom is 0.231 e. The number of benzene rings is 1. The van der Waals surface area contributed by atoms with E-state index in [0.29, 0.717) is 0 Å². The van der Waals surface area contributed by atoms with Crippen molar-refractivity contribution in [3.63, 3.8) is 0 Å². The summed E-state index contributed by atoms with van der Waals surface area (Å²) < 4.78 is 10.5. The van der Waals surface area contributed by atoms with Crippen molar-refractivity contribution in [2.75, 3.05) is 6.79 Å². The van der Waals surface area contributed by atoms with Crippen LogP contribution in [0.25, 0.3) is 6.08 Å². The molecule has 2 heterocycles. The molecule has 4 heteroatoms. The van der Waals surface area contributed by atoms with E-state index in [0.717, 1.165) is 26.8 Å². The maximum absolute atomic E-state index is 11.9. The van der Waals surface area contributed by atoms with Crippen molar-refractivity contribution in [3.8, 4) is 11.5 Å². The molecule has 1 aliphatic heterocycles. The van der Waals surface area contributed by atoms with Crippen LogP contribution >= 0.6 is 11.3 Å². The minimum Gasteiger partial charge on any atom is -0.454 e. The molecule has 0 atom stereocenters. The van der Waals surface area contributed by atoms with Crippen LogP contribution in [0.15, 0.2) is 36.4 Å². The lowest BCUT2D eigenvalue weighted by Crippen LogP contribution is -1.92. The average molecular weight is 272 g/mol. The third-order valence-electron chi connectivity index (χ3n) is 2.81. The standard InChI is InChI=1S/C15H12O3S/c1-10-2-7-15(19-10)12(16)5-3-11-4-6-13-14(8-11)18-9-17-13/h2-8H,9H2,1H3/b5-3+. The van der Waals surface area contributed by atoms with E-state index in [1.165, 1.54) is 11.3 Å². The molecule has 19 heavy (non-hydrogen) atoms. The van der Waals surface area contributed by atoms with Gasteiger partial charge in [-0.3, -0.25) is 4.79 Å². The van der Waals surface area contributed by atoms with Crippen LogP contribution in [0.4, 0.5) is 0 Å². The topological polar surface area (TPSA) is 35.5 Å². The van der Waals surface area contributed by atoms with E-state index in [1.807, 2.05) is 37.3 Å². The summed E-state index contributed by atoms with van der Waals surface area (Å²) in [6, 6.07) is 9.42. The number of aryl methyl sites for hydroxylation is 1. The third kappa shape index (κ3) is 2.53. The van der Waals surface area contributed by atoms with Gasteiger partial charge in [-0.15, -0.1) is 11.3 Å². The van der Waals surface area contributed by atoms with Crippen molar-refractivity contribution in [2.45, 2.75) is 6.92 Å². The molecule has 1 aromatic carbocycles. The second-order valence-electron chi connectivity index (χ2n) is 4.22. The molecule has 0 saturated heterocycles. The van der Waals surface area contributed by atoms with E-state index in [4.69, 9.17) is 9.47 Å². The lowest BCUT2D eigenvalue weighted by atomic mass is 10.1. The van der Waals surface area contributed by atoms with Gasteiger partial charge in [0.25, 0.3) is 0 Å². The van der Waals surface area contributed by atoms with Crippen LogP contribution in [-0.2, 0) is 0 Å². The second-order valence-corrected chi connectivity index (χ2v) is 5.51. The highest BCUT2D eigenvalue weighted by molar-refractivity contribution is 7.14. The lowest BCUT2D eigenvalue weighted by molar-refractivity contribution is 0.105. The van der Waals surface area contributed by atoms with Gasteiger partial charge in [-0.2, -0.15) is 0 Å². The number of rotatable bonds is 3. The summed E-state index contributed by atoms with van der Waals surface area (Å²) in [5, 5.41) is 0. The van der Waals surface area contributed by atoms with E-state index in [2.05, 4.69) is 0 Å². The third-order valence-corrected chi connectivity index (χ3v) is 3.82. The lowest BCUT2D eigenvalue weighted by Gasteiger charge is -1.97. The van der Waals surface area contributed by atoms with Gasteiger partial charge in [0.2, 0.25) is 6.79 Å². The van der Waals surface area contributed by atoms with Crippen molar-refractivity contribution < 1.29 is 14.3 Å². The molecular formula is C15H12O3S. The maximum atomic E-state index is 11.9. The molecule has 0 radical (unpaired) electrons. The van der Waals surface area contributed by atoms with Gasteiger partial charge in [0, 0.05) is 4.88 Å². The molecule has 0 amide bonds. The molecule has 0 spiro atoms. The number of carbonyl (C=O) groups excluding carboxylic acids is 1. The van der Waals surface area contributed by atoms with Gasteiger partial charge in [0.15, 0.2) is 17.3 Å². The number of hydrogen-bond acceptors (Lipinski definition) is 4. The highest BCUT2D eigenvalue weighted by atomic mass is 32.1. The SMILES string of the molecule is Cc1ccc(C(=O)/C=C/c2ccc3c(c2)OCO3)s1. The smallest absolute Gasteiger partial charge is 0.231 e. The quantitative estimate of drug-likeness (QED) is 0.631. The van der Waals surface area contributed by atoms with Gasteiger partial charge >= 0.3 is 0 Å². The molecular weight excluding hydrogens is 260 g/mol. The molecule has 0 N–H and O–H groups in total. The zero-order valence-electron chi connectivity index (χ0n) is 10.4. The summed E-state index contributed by atoms with van der Waals surface area (Å²) in [5.74, 6) is 1.50. The van der Waals surface area contributed by atoms with Gasteiger partial charge in [0.1, 0.15) is 0 Å². The van der Waals surface area contributed by atoms with Crippen LogP contribution in [0, 0.1) is 6.92 Å². The Hall–Kier alpha value is -2.07. The highest BCUT2D eigenvalue weighted by Crippen LogP contribution is 2.32. The molecule has 1 aromatic heterocycles. The summed E-state index contributed by atoms with van der Waals surface area (Å²) in [6.45, 7) is 2.25. The fraction of sp³-hybridized carbons (Fsp3) is 0.133. The molecule has 3 nitrogen and oxygen atoms in total. The first-order valence-corrected chi connectivity index (χ1v) is 6.72. The predicted octanol–water partition coefficient (Wildman–Crippen LogP) is 3.68. The first-order chi connectivity index (χ1) is 9.22. The summed E-state index contributed by atoms with van der Waals surface area (Å²) in [7, 11) is 0. The van der Waals surface area contributed by atoms with E-state index in [-0.39, 0.29) is 12.6 Å². The Morgan fingerprint density at radius 3 is 2.84 bits per heavy atom. The minimum absolute atomic E-state index is 0.0239. The Labute approximate surface area is 115 Å². The Kier molecular flexibility index (Phi) is 3.09. The number of carbonyl (C=O) groups is 1. The van der Waals surface area contributed by atoms with Gasteiger partial charge in [-0.25, -0.2) is 0 Å². The van der Waals surface area contributed by atoms with Gasteiger partial charge in [0.05, 0.1) is 4.88 Å². The Morgan fingerprint density at radius 1 is 1.21 bits per heavy atom. The molecule has 0 unspecified atom stereocenters. The van der Waals surface area contributed by atoms with Crippen molar-refractivity contribution in [1.29, 1.82) is 0 Å². The molecule has 3 rings (SSSR count). The Bertz CT molecular complexity index is 655. The molecule has 1 aliphatic rings. The highest BCUT2D eigenvalue weighted by Gasteiger charge is 2.12. The zero-order valence-corrected chi connectivity index (χ0v) is 11.2. The van der Waals surface area contributed by atoms with Gasteiger partial charge in [-0.05, 0) is 42.8 Å². The first-order valence-electron chi connectivity index (χ1n) is 5.91. The van der Waals surface area contributed by atoms with Crippen molar-refractivity contribution in [1.82, 2.24) is 0 Å². The molecule has 2 aromatic rings. The fourth-order valence-corrected chi connectivity index (χ4v) is 2.63. The number of fused-ring (bicyclic) bond motifs is 1. The van der Waals surface area contributed by atoms with E-state index in [9.17, 15) is 4.79 Å². The van der Waals surface area contributed by atoms with E-state index in [1.54, 1.807) is 12.2 Å². The van der Waals surface area contributed by atoms with Crippen LogP contribution < -0.4 is 9.47 Å². The van der Waals surface area contributed by atoms with E-state index < -0.39 is 0 Å². The molecule has 0 saturated carbocycles. The summed E-state index contributed by atoms with van der Waals surface area (Å²) in [6.07, 6.45) is 3.38. The van der Waals surface area contributed by atoms with Gasteiger partial charge in [-0.1, -0.05) is 12.1 Å². The summed E-state index contributed by atoms with van der Waals surface area (Å²) in [5.41, 5.74) is 0.922. The predicted molar refractivity (Wildman–Crippen MR) is 75.0 cm³/mol. The molecule has 96 valence electrons. The van der Waals surface area contributed by atoms with Crippen molar-refractivity contribution in [3.05, 3.63) is 51.7 Å². The number of ether oxygens (including phenoxy) is 2. The largest absolute Gasteiger partial charge is 0.454 e. The van der Waals surface area contributed by atoms with Crippen LogP contribution in [0.5, 0.6) is 11.5 Å². The van der Waals surface area contributed by atoms with Crippen LogP contribution in [0.2, 0.25) is 0 Å². The number of thiophene rings is 1. The molecule has 0 bridgehead atoms. The van der Waals surface area contributed by atoms with Crippen LogP contribution in [-0.4, -0.2) is 12.6 Å². The Morgan fingerprint density at radius 2 is 2.05 bits per heavy atom. The normalized spacial score (nSPS) is 13.1. The number of ketones is 1. The van der Waals surface area contributed by atoms with Gasteiger partial charge < -0.3 is 9.47 Å². The Balaban J connectivity index is 1.77. The van der Waals surface area contributed by atoms with Crippen molar-refractivity contribution in [2.24, 2.45) is 0 Å². The van der Waals surface area contributed by atoms with Crippen LogP contribution in [0.1, 0.15) is 20.1 Å². The first kappa shape index (κ1) is 12.0. The van der Waals surface area contributed by atoms with Crippen LogP contribution in [0.3, 0.4) is 0 Å². The minimum atomic E-state index is 0.0239. The molecule has 0 aliphatic carbocycles. The fourth-order valence-electron chi connectivity index (χ4n) is 1.84.